The molecule has 0 bridgehead atoms. The fourth-order valence-electron chi connectivity index (χ4n) is 3.86. The molecule has 1 atom stereocenters. The average Bonchev–Trinajstić information content (AvgIpc) is 2.54. The highest BCUT2D eigenvalue weighted by Crippen LogP contribution is 2.49. The van der Waals surface area contributed by atoms with Crippen molar-refractivity contribution in [1.82, 2.24) is 0 Å². The molecular formula is C19H17BrO4. The lowest BCUT2D eigenvalue weighted by molar-refractivity contribution is -0.117. The minimum absolute atomic E-state index is 0.0190. The third-order valence-electron chi connectivity index (χ3n) is 4.93. The lowest BCUT2D eigenvalue weighted by Crippen LogP contribution is -2.29. The van der Waals surface area contributed by atoms with Crippen molar-refractivity contribution in [2.75, 3.05) is 0 Å². The first-order chi connectivity index (χ1) is 11.6. The Hall–Kier alpha value is -1.88. The Morgan fingerprint density at radius 2 is 1.71 bits per heavy atom. The van der Waals surface area contributed by atoms with Crippen molar-refractivity contribution in [2.24, 2.45) is 0 Å². The highest BCUT2D eigenvalue weighted by molar-refractivity contribution is 9.10. The molecular weight excluding hydrogens is 372 g/mol. The zero-order chi connectivity index (χ0) is 16.8. The molecule has 0 unspecified atom stereocenters. The van der Waals surface area contributed by atoms with Crippen molar-refractivity contribution in [2.45, 2.75) is 44.4 Å². The lowest BCUT2D eigenvalue weighted by Gasteiger charge is -2.34. The van der Waals surface area contributed by atoms with E-state index in [9.17, 15) is 14.7 Å². The summed E-state index contributed by atoms with van der Waals surface area (Å²) in [5, 5.41) is 10.4. The fraction of sp³-hybridized carbons (Fsp3) is 0.368. The van der Waals surface area contributed by atoms with Crippen LogP contribution < -0.4 is 4.74 Å². The Kier molecular flexibility index (Phi) is 3.83. The summed E-state index contributed by atoms with van der Waals surface area (Å²) < 4.78 is 6.83. The van der Waals surface area contributed by atoms with Crippen molar-refractivity contribution in [1.29, 1.82) is 0 Å². The number of allylic oxidation sites excluding steroid dienone is 4. The summed E-state index contributed by atoms with van der Waals surface area (Å²) in [6.45, 7) is 0. The van der Waals surface area contributed by atoms with E-state index in [1.165, 1.54) is 0 Å². The van der Waals surface area contributed by atoms with Crippen LogP contribution in [0.25, 0.3) is 0 Å². The summed E-state index contributed by atoms with van der Waals surface area (Å²) in [6.07, 6.45) is 3.47. The zero-order valence-corrected chi connectivity index (χ0v) is 14.7. The summed E-state index contributed by atoms with van der Waals surface area (Å²) in [4.78, 5) is 25.2. The summed E-state index contributed by atoms with van der Waals surface area (Å²) >= 11 is 3.46. The van der Waals surface area contributed by atoms with Crippen LogP contribution in [0.3, 0.4) is 0 Å². The smallest absolute Gasteiger partial charge is 0.163 e. The van der Waals surface area contributed by atoms with Crippen molar-refractivity contribution in [3.05, 3.63) is 50.9 Å². The van der Waals surface area contributed by atoms with Crippen molar-refractivity contribution < 1.29 is 19.4 Å². The molecule has 124 valence electrons. The van der Waals surface area contributed by atoms with Gasteiger partial charge in [0.25, 0.3) is 0 Å². The van der Waals surface area contributed by atoms with Gasteiger partial charge in [-0.2, -0.15) is 0 Å². The topological polar surface area (TPSA) is 63.6 Å². The quantitative estimate of drug-likeness (QED) is 0.769. The first kappa shape index (κ1) is 15.6. The van der Waals surface area contributed by atoms with Crippen LogP contribution in [0.2, 0.25) is 0 Å². The maximum absolute atomic E-state index is 12.6. The minimum Gasteiger partial charge on any atom is -0.512 e. The number of aliphatic hydroxyl groups excluding tert-OH is 1. The standard InChI is InChI=1S/C19H17BrO4/c20-10-7-8-15-11(9-10)17(18-12(21)3-1-4-13(18)22)19-14(23)5-2-6-16(19)24-15/h7-9,17,21H,1-6H2/t17-/m0/s1. The molecule has 0 saturated carbocycles. The van der Waals surface area contributed by atoms with E-state index in [0.717, 1.165) is 16.5 Å². The molecule has 5 heteroatoms. The van der Waals surface area contributed by atoms with Gasteiger partial charge >= 0.3 is 0 Å². The number of carbonyl (C=O) groups excluding carboxylic acids is 2. The van der Waals surface area contributed by atoms with E-state index < -0.39 is 5.92 Å². The van der Waals surface area contributed by atoms with E-state index in [-0.39, 0.29) is 17.3 Å². The number of aliphatic hydroxyl groups is 1. The minimum atomic E-state index is -0.512. The van der Waals surface area contributed by atoms with Gasteiger partial charge in [-0.15, -0.1) is 0 Å². The molecule has 0 fully saturated rings. The molecule has 0 spiro atoms. The number of hydrogen-bond acceptors (Lipinski definition) is 4. The number of ketones is 2. The molecule has 3 aliphatic rings. The molecule has 0 aromatic heterocycles. The van der Waals surface area contributed by atoms with Gasteiger partial charge in [0.1, 0.15) is 11.5 Å². The number of benzene rings is 1. The molecule has 1 aliphatic heterocycles. The monoisotopic (exact) mass is 388 g/mol. The largest absolute Gasteiger partial charge is 0.512 e. The van der Waals surface area contributed by atoms with Gasteiger partial charge < -0.3 is 9.84 Å². The van der Waals surface area contributed by atoms with Gasteiger partial charge in [-0.05, 0) is 31.0 Å². The summed E-state index contributed by atoms with van der Waals surface area (Å²) in [7, 11) is 0. The van der Waals surface area contributed by atoms with Gasteiger partial charge in [0.2, 0.25) is 0 Å². The number of carbonyl (C=O) groups is 2. The van der Waals surface area contributed by atoms with Crippen LogP contribution in [-0.2, 0) is 9.59 Å². The second kappa shape index (κ2) is 5.88. The van der Waals surface area contributed by atoms with E-state index in [0.29, 0.717) is 54.8 Å². The Morgan fingerprint density at radius 1 is 1.00 bits per heavy atom. The number of Topliss-reactive ketones (excluding diaryl/α,β-unsaturated/α-hetero) is 2. The molecule has 1 aromatic rings. The van der Waals surface area contributed by atoms with Gasteiger partial charge in [-0.1, -0.05) is 15.9 Å². The predicted molar refractivity (Wildman–Crippen MR) is 91.9 cm³/mol. The van der Waals surface area contributed by atoms with E-state index in [4.69, 9.17) is 4.74 Å². The Labute approximate surface area is 148 Å². The van der Waals surface area contributed by atoms with E-state index in [1.807, 2.05) is 18.2 Å². The molecule has 24 heavy (non-hydrogen) atoms. The van der Waals surface area contributed by atoms with Crippen LogP contribution in [0.5, 0.6) is 5.75 Å². The first-order valence-electron chi connectivity index (χ1n) is 8.25. The number of ether oxygens (including phenoxy) is 1. The highest BCUT2D eigenvalue weighted by Gasteiger charge is 2.41. The molecule has 4 nitrogen and oxygen atoms in total. The van der Waals surface area contributed by atoms with Crippen LogP contribution >= 0.6 is 15.9 Å². The first-order valence-corrected chi connectivity index (χ1v) is 9.04. The number of rotatable bonds is 1. The van der Waals surface area contributed by atoms with E-state index >= 15 is 0 Å². The van der Waals surface area contributed by atoms with Gasteiger partial charge in [-0.3, -0.25) is 9.59 Å². The van der Waals surface area contributed by atoms with E-state index in [1.54, 1.807) is 0 Å². The number of fused-ring (bicyclic) bond motifs is 1. The maximum Gasteiger partial charge on any atom is 0.163 e. The van der Waals surface area contributed by atoms with Crippen molar-refractivity contribution in [3.63, 3.8) is 0 Å². The molecule has 1 heterocycles. The van der Waals surface area contributed by atoms with Crippen LogP contribution in [0.15, 0.2) is 45.3 Å². The second-order valence-corrected chi connectivity index (χ2v) is 7.38. The summed E-state index contributed by atoms with van der Waals surface area (Å²) in [5.74, 6) is 0.878. The highest BCUT2D eigenvalue weighted by atomic mass is 79.9. The van der Waals surface area contributed by atoms with E-state index in [2.05, 4.69) is 15.9 Å². The molecule has 1 N–H and O–H groups in total. The van der Waals surface area contributed by atoms with Crippen LogP contribution in [-0.4, -0.2) is 16.7 Å². The molecule has 0 radical (unpaired) electrons. The Morgan fingerprint density at radius 3 is 2.46 bits per heavy atom. The van der Waals surface area contributed by atoms with Gasteiger partial charge in [0.05, 0.1) is 11.7 Å². The SMILES string of the molecule is O=C1CCCC(O)=C1[C@H]1C2=C(CCCC2=O)Oc2ccc(Br)cc21. The normalized spacial score (nSPS) is 23.8. The molecule has 0 amide bonds. The fourth-order valence-corrected chi connectivity index (χ4v) is 4.24. The molecule has 1 aromatic carbocycles. The maximum atomic E-state index is 12.6. The average molecular weight is 389 g/mol. The second-order valence-electron chi connectivity index (χ2n) is 6.47. The van der Waals surface area contributed by atoms with Crippen molar-refractivity contribution >= 4 is 27.5 Å². The van der Waals surface area contributed by atoms with Crippen LogP contribution in [0, 0.1) is 0 Å². The number of halogens is 1. The predicted octanol–water partition coefficient (Wildman–Crippen LogP) is 4.50. The van der Waals surface area contributed by atoms with Crippen LogP contribution in [0.4, 0.5) is 0 Å². The van der Waals surface area contributed by atoms with Crippen LogP contribution in [0.1, 0.15) is 50.0 Å². The third-order valence-corrected chi connectivity index (χ3v) is 5.42. The molecule has 0 saturated heterocycles. The lowest BCUT2D eigenvalue weighted by atomic mass is 9.73. The molecule has 4 rings (SSSR count). The third kappa shape index (κ3) is 2.42. The zero-order valence-electron chi connectivity index (χ0n) is 13.1. The molecule has 2 aliphatic carbocycles. The van der Waals surface area contributed by atoms with Gasteiger partial charge in [-0.25, -0.2) is 0 Å². The summed E-state index contributed by atoms with van der Waals surface area (Å²) in [6, 6.07) is 5.61. The Bertz CT molecular complexity index is 819. The number of hydrogen-bond donors (Lipinski definition) is 1. The van der Waals surface area contributed by atoms with Crippen molar-refractivity contribution in [3.8, 4) is 5.75 Å². The Balaban J connectivity index is 1.97. The summed E-state index contributed by atoms with van der Waals surface area (Å²) in [5.41, 5.74) is 1.71. The van der Waals surface area contributed by atoms with Gasteiger partial charge in [0, 0.05) is 46.9 Å². The van der Waals surface area contributed by atoms with Gasteiger partial charge in [0.15, 0.2) is 11.6 Å².